The first-order valence-corrected chi connectivity index (χ1v) is 12.7. The van der Waals surface area contributed by atoms with Gasteiger partial charge in [0.05, 0.1) is 0 Å². The van der Waals surface area contributed by atoms with Gasteiger partial charge in [0.1, 0.15) is 6.61 Å². The van der Waals surface area contributed by atoms with Gasteiger partial charge in [-0.2, -0.15) is 0 Å². The first kappa shape index (κ1) is 20.4. The predicted octanol–water partition coefficient (Wildman–Crippen LogP) is 4.02. The van der Waals surface area contributed by atoms with E-state index in [0.29, 0.717) is 17.9 Å². The molecule has 3 fully saturated rings. The van der Waals surface area contributed by atoms with Gasteiger partial charge in [-0.05, 0) is 46.4 Å². The Morgan fingerprint density at radius 3 is 2.03 bits per heavy atom. The maximum Gasteiger partial charge on any atom is 0.337 e. The fourth-order valence-corrected chi connectivity index (χ4v) is 8.90. The summed E-state index contributed by atoms with van der Waals surface area (Å²) in [6.45, 7) is 7.70. The summed E-state index contributed by atoms with van der Waals surface area (Å²) in [6.07, 6.45) is 2.76. The molecule has 2 nitrogen and oxygen atoms in total. The molecule has 2 bridgehead atoms. The van der Waals surface area contributed by atoms with E-state index in [0.717, 1.165) is 18.3 Å². The highest BCUT2D eigenvalue weighted by molar-refractivity contribution is 7.03. The molecule has 0 aliphatic heterocycles. The van der Waals surface area contributed by atoms with E-state index in [1.54, 1.807) is 7.11 Å². The van der Waals surface area contributed by atoms with E-state index in [4.69, 9.17) is 9.16 Å². The lowest BCUT2D eigenvalue weighted by Gasteiger charge is -2.62. The van der Waals surface area contributed by atoms with Crippen LogP contribution in [0.15, 0.2) is 60.7 Å². The van der Waals surface area contributed by atoms with Crippen LogP contribution in [0.3, 0.4) is 0 Å². The van der Waals surface area contributed by atoms with E-state index >= 15 is 0 Å². The van der Waals surface area contributed by atoms with Gasteiger partial charge in [0.25, 0.3) is 0 Å². The average molecular weight is 405 g/mol. The molecule has 4 atom stereocenters. The Labute approximate surface area is 176 Å². The zero-order valence-corrected chi connectivity index (χ0v) is 19.0. The SMILES string of the molecule is COCC#C[Si](O[C@H]1C[C@H]2C[C@@H]([C@@H]1C)C2(C)C)(c1ccccc1)c1ccccc1. The molecule has 3 aliphatic carbocycles. The molecular formula is C26H32O2Si. The minimum atomic E-state index is -2.71. The molecule has 29 heavy (non-hydrogen) atoms. The number of fused-ring (bicyclic) bond motifs is 2. The summed E-state index contributed by atoms with van der Waals surface area (Å²) in [5, 5.41) is 2.45. The Hall–Kier alpha value is -1.86. The normalized spacial score (nSPS) is 27.4. The van der Waals surface area contributed by atoms with Gasteiger partial charge in [-0.1, -0.05) is 92.9 Å². The Bertz CT molecular complexity index is 842. The molecule has 152 valence electrons. The molecule has 2 aromatic rings. The van der Waals surface area contributed by atoms with Crippen LogP contribution in [-0.4, -0.2) is 28.1 Å². The van der Waals surface area contributed by atoms with Gasteiger partial charge >= 0.3 is 8.32 Å². The molecule has 0 aromatic heterocycles. The summed E-state index contributed by atoms with van der Waals surface area (Å²) >= 11 is 0. The second kappa shape index (κ2) is 8.11. The highest BCUT2D eigenvalue weighted by Gasteiger charge is 2.58. The van der Waals surface area contributed by atoms with E-state index in [2.05, 4.69) is 92.9 Å². The van der Waals surface area contributed by atoms with Crippen LogP contribution in [0.1, 0.15) is 33.6 Å². The lowest BCUT2D eigenvalue weighted by Crippen LogP contribution is -2.65. The van der Waals surface area contributed by atoms with Gasteiger partial charge in [0, 0.05) is 13.2 Å². The third kappa shape index (κ3) is 3.59. The fourth-order valence-electron chi connectivity index (χ4n) is 5.54. The third-order valence-corrected chi connectivity index (χ3v) is 10.9. The Morgan fingerprint density at radius 2 is 1.55 bits per heavy atom. The molecule has 0 radical (unpaired) electrons. The smallest absolute Gasteiger partial charge is 0.337 e. The number of rotatable bonds is 5. The summed E-state index contributed by atoms with van der Waals surface area (Å²) in [7, 11) is -1.01. The molecule has 0 unspecified atom stereocenters. The van der Waals surface area contributed by atoms with Crippen LogP contribution in [0.2, 0.25) is 0 Å². The fraction of sp³-hybridized carbons (Fsp3) is 0.462. The van der Waals surface area contributed by atoms with Crippen molar-refractivity contribution in [3.63, 3.8) is 0 Å². The summed E-state index contributed by atoms with van der Waals surface area (Å²) in [6, 6.07) is 21.3. The Balaban J connectivity index is 1.77. The third-order valence-electron chi connectivity index (χ3n) is 7.45. The molecule has 3 heteroatoms. The van der Waals surface area contributed by atoms with Crippen LogP contribution in [0, 0.1) is 34.6 Å². The number of methoxy groups -OCH3 is 1. The summed E-state index contributed by atoms with van der Waals surface area (Å²) in [4.78, 5) is 0. The second-order valence-electron chi connectivity index (χ2n) is 9.26. The average Bonchev–Trinajstić information content (AvgIpc) is 2.75. The Kier molecular flexibility index (Phi) is 5.71. The van der Waals surface area contributed by atoms with Crippen LogP contribution < -0.4 is 10.4 Å². The molecular weight excluding hydrogens is 372 g/mol. The molecule has 5 rings (SSSR count). The lowest BCUT2D eigenvalue weighted by atomic mass is 9.45. The van der Waals surface area contributed by atoms with Crippen molar-refractivity contribution in [3.8, 4) is 11.5 Å². The molecule has 3 saturated carbocycles. The van der Waals surface area contributed by atoms with Crippen LogP contribution in [-0.2, 0) is 9.16 Å². The van der Waals surface area contributed by atoms with Crippen molar-refractivity contribution in [1.82, 2.24) is 0 Å². The van der Waals surface area contributed by atoms with Crippen LogP contribution in [0.5, 0.6) is 0 Å². The van der Waals surface area contributed by atoms with Crippen molar-refractivity contribution in [2.75, 3.05) is 13.7 Å². The number of hydrogen-bond donors (Lipinski definition) is 0. The summed E-state index contributed by atoms with van der Waals surface area (Å²) < 4.78 is 12.5. The molecule has 0 saturated heterocycles. The van der Waals surface area contributed by atoms with E-state index in [1.807, 2.05) is 0 Å². The first-order chi connectivity index (χ1) is 14.0. The standard InChI is InChI=1S/C26H32O2Si/c1-20-24-18-21(26(24,2)3)19-25(20)28-29(17-11-16-27-4,22-12-7-5-8-13-22)23-14-9-6-10-15-23/h5-10,12-15,20-21,24-25H,16,18-19H2,1-4H3/t20-,21+,24-,25-/m0/s1. The maximum atomic E-state index is 7.21. The highest BCUT2D eigenvalue weighted by atomic mass is 28.4. The van der Waals surface area contributed by atoms with Crippen molar-refractivity contribution in [2.45, 2.75) is 39.7 Å². The van der Waals surface area contributed by atoms with Crippen molar-refractivity contribution < 1.29 is 9.16 Å². The van der Waals surface area contributed by atoms with Gasteiger partial charge < -0.3 is 9.16 Å². The predicted molar refractivity (Wildman–Crippen MR) is 122 cm³/mol. The molecule has 3 aliphatic rings. The minimum Gasteiger partial charge on any atom is -0.395 e. The van der Waals surface area contributed by atoms with Crippen LogP contribution >= 0.6 is 0 Å². The van der Waals surface area contributed by atoms with E-state index in [-0.39, 0.29) is 6.10 Å². The topological polar surface area (TPSA) is 18.5 Å². The lowest BCUT2D eigenvalue weighted by molar-refractivity contribution is -0.148. The van der Waals surface area contributed by atoms with Gasteiger partial charge in [-0.25, -0.2) is 0 Å². The van der Waals surface area contributed by atoms with Crippen molar-refractivity contribution >= 4 is 18.7 Å². The second-order valence-corrected chi connectivity index (χ2v) is 12.3. The van der Waals surface area contributed by atoms with Gasteiger partial charge in [-0.3, -0.25) is 0 Å². The zero-order chi connectivity index (χ0) is 20.5. The van der Waals surface area contributed by atoms with Crippen LogP contribution in [0.4, 0.5) is 0 Å². The van der Waals surface area contributed by atoms with Gasteiger partial charge in [0.15, 0.2) is 0 Å². The molecule has 2 aromatic carbocycles. The van der Waals surface area contributed by atoms with Crippen molar-refractivity contribution in [3.05, 3.63) is 60.7 Å². The van der Waals surface area contributed by atoms with E-state index in [1.165, 1.54) is 16.8 Å². The molecule has 0 N–H and O–H groups in total. The van der Waals surface area contributed by atoms with Crippen LogP contribution in [0.25, 0.3) is 0 Å². The number of ether oxygens (including phenoxy) is 1. The maximum absolute atomic E-state index is 7.21. The van der Waals surface area contributed by atoms with E-state index < -0.39 is 8.32 Å². The molecule has 0 heterocycles. The number of hydrogen-bond acceptors (Lipinski definition) is 2. The van der Waals surface area contributed by atoms with Crippen molar-refractivity contribution in [1.29, 1.82) is 0 Å². The largest absolute Gasteiger partial charge is 0.395 e. The monoisotopic (exact) mass is 404 g/mol. The number of benzene rings is 2. The van der Waals surface area contributed by atoms with Gasteiger partial charge in [0.2, 0.25) is 0 Å². The van der Waals surface area contributed by atoms with Crippen molar-refractivity contribution in [2.24, 2.45) is 23.2 Å². The zero-order valence-electron chi connectivity index (χ0n) is 18.0. The quantitative estimate of drug-likeness (QED) is 0.553. The Morgan fingerprint density at radius 1 is 0.966 bits per heavy atom. The highest BCUT2D eigenvalue weighted by Crippen LogP contribution is 2.61. The summed E-state index contributed by atoms with van der Waals surface area (Å²) in [5.74, 6) is 5.34. The molecule has 0 amide bonds. The molecule has 0 spiro atoms. The van der Waals surface area contributed by atoms with Gasteiger partial charge in [-0.15, -0.1) is 0 Å². The van der Waals surface area contributed by atoms with E-state index in [9.17, 15) is 0 Å². The first-order valence-electron chi connectivity index (χ1n) is 10.8. The summed E-state index contributed by atoms with van der Waals surface area (Å²) in [5.41, 5.74) is 4.08. The minimum absolute atomic E-state index is 0.260.